The molecule has 0 radical (unpaired) electrons. The van der Waals surface area contributed by atoms with E-state index in [2.05, 4.69) is 5.32 Å². The fourth-order valence-corrected chi connectivity index (χ4v) is 3.56. The van der Waals surface area contributed by atoms with Gasteiger partial charge in [-0.05, 0) is 72.8 Å². The average Bonchev–Trinajstić information content (AvgIpc) is 3.19. The van der Waals surface area contributed by atoms with E-state index in [0.717, 1.165) is 11.1 Å². The molecule has 0 fully saturated rings. The number of benzene rings is 2. The van der Waals surface area contributed by atoms with Crippen LogP contribution in [-0.4, -0.2) is 24.6 Å². The summed E-state index contributed by atoms with van der Waals surface area (Å²) in [6.45, 7) is 3.39. The van der Waals surface area contributed by atoms with Gasteiger partial charge in [-0.1, -0.05) is 23.7 Å². The van der Waals surface area contributed by atoms with Crippen molar-refractivity contribution in [2.45, 2.75) is 19.4 Å². The van der Waals surface area contributed by atoms with Gasteiger partial charge in [0.2, 0.25) is 0 Å². The minimum absolute atomic E-state index is 0.287. The largest absolute Gasteiger partial charge is 0.478 e. The van der Waals surface area contributed by atoms with E-state index in [0.29, 0.717) is 21.3 Å². The predicted molar refractivity (Wildman–Crippen MR) is 116 cm³/mol. The number of amides is 1. The zero-order chi connectivity index (χ0) is 21.0. The summed E-state index contributed by atoms with van der Waals surface area (Å²) in [5.41, 5.74) is 1.30. The molecule has 0 aliphatic rings. The zero-order valence-corrected chi connectivity index (χ0v) is 17.8. The molecule has 7 heteroatoms. The van der Waals surface area contributed by atoms with Crippen LogP contribution in [0.2, 0.25) is 5.02 Å². The molecule has 0 bridgehead atoms. The highest BCUT2D eigenvalue weighted by atomic mass is 35.5. The Morgan fingerprint density at radius 3 is 2.45 bits per heavy atom. The number of anilines is 1. The molecule has 0 aliphatic carbocycles. The number of nitrogens with one attached hydrogen (secondary N) is 1. The summed E-state index contributed by atoms with van der Waals surface area (Å²) in [7, 11) is 1.35. The highest BCUT2D eigenvalue weighted by molar-refractivity contribution is 7.12. The monoisotopic (exact) mass is 429 g/mol. The smallest absolute Gasteiger partial charge is 0.348 e. The van der Waals surface area contributed by atoms with Crippen molar-refractivity contribution in [3.63, 3.8) is 0 Å². The van der Waals surface area contributed by atoms with Crippen molar-refractivity contribution in [1.82, 2.24) is 0 Å². The van der Waals surface area contributed by atoms with Crippen molar-refractivity contribution in [3.8, 4) is 16.9 Å². The molecule has 1 aromatic heterocycles. The number of methoxy groups -OCH3 is 1. The van der Waals surface area contributed by atoms with Gasteiger partial charge in [0.1, 0.15) is 10.6 Å². The molecule has 2 aromatic carbocycles. The van der Waals surface area contributed by atoms with Crippen LogP contribution in [0.3, 0.4) is 0 Å². The van der Waals surface area contributed by atoms with Crippen molar-refractivity contribution in [2.24, 2.45) is 0 Å². The SMILES string of the molecule is COC(=O)c1cc(-c2cccc(NC(=O)C(C)(C)Oc3ccc(Cl)cc3)c2)cs1. The Balaban J connectivity index is 1.73. The molecule has 0 saturated heterocycles. The van der Waals surface area contributed by atoms with Crippen LogP contribution in [-0.2, 0) is 9.53 Å². The summed E-state index contributed by atoms with van der Waals surface area (Å²) < 4.78 is 10.6. The van der Waals surface area contributed by atoms with E-state index >= 15 is 0 Å². The third-order valence-corrected chi connectivity index (χ3v) is 5.34. The van der Waals surface area contributed by atoms with E-state index < -0.39 is 5.60 Å². The lowest BCUT2D eigenvalue weighted by Gasteiger charge is -2.25. The lowest BCUT2D eigenvalue weighted by Crippen LogP contribution is -2.42. The Bertz CT molecular complexity index is 1030. The minimum Gasteiger partial charge on any atom is -0.478 e. The fourth-order valence-electron chi connectivity index (χ4n) is 2.60. The van der Waals surface area contributed by atoms with Gasteiger partial charge in [-0.25, -0.2) is 4.79 Å². The fraction of sp³-hybridized carbons (Fsp3) is 0.182. The maximum atomic E-state index is 12.8. The second kappa shape index (κ2) is 8.68. The summed E-state index contributed by atoms with van der Waals surface area (Å²) >= 11 is 7.20. The molecule has 1 heterocycles. The summed E-state index contributed by atoms with van der Waals surface area (Å²) in [5.74, 6) is -0.103. The summed E-state index contributed by atoms with van der Waals surface area (Å²) in [6, 6.07) is 16.0. The van der Waals surface area contributed by atoms with Crippen molar-refractivity contribution < 1.29 is 19.1 Å². The van der Waals surface area contributed by atoms with Gasteiger partial charge in [0.15, 0.2) is 5.60 Å². The van der Waals surface area contributed by atoms with E-state index in [4.69, 9.17) is 21.1 Å². The van der Waals surface area contributed by atoms with Gasteiger partial charge < -0.3 is 14.8 Å². The summed E-state index contributed by atoms with van der Waals surface area (Å²) in [6.07, 6.45) is 0. The molecule has 150 valence electrons. The van der Waals surface area contributed by atoms with Crippen LogP contribution in [0.15, 0.2) is 60.0 Å². The molecule has 3 aromatic rings. The van der Waals surface area contributed by atoms with Crippen LogP contribution in [0.5, 0.6) is 5.75 Å². The first-order valence-corrected chi connectivity index (χ1v) is 10.1. The van der Waals surface area contributed by atoms with E-state index in [1.165, 1.54) is 18.4 Å². The summed E-state index contributed by atoms with van der Waals surface area (Å²) in [5, 5.41) is 5.36. The molecule has 0 spiro atoms. The lowest BCUT2D eigenvalue weighted by molar-refractivity contribution is -0.128. The Morgan fingerprint density at radius 1 is 1.03 bits per heavy atom. The molecule has 29 heavy (non-hydrogen) atoms. The number of hydrogen-bond donors (Lipinski definition) is 1. The quantitative estimate of drug-likeness (QED) is 0.514. The molecule has 0 atom stereocenters. The van der Waals surface area contributed by atoms with Crippen LogP contribution < -0.4 is 10.1 Å². The maximum Gasteiger partial charge on any atom is 0.348 e. The van der Waals surface area contributed by atoms with Gasteiger partial charge in [0, 0.05) is 10.7 Å². The van der Waals surface area contributed by atoms with Crippen molar-refractivity contribution in [2.75, 3.05) is 12.4 Å². The van der Waals surface area contributed by atoms with Gasteiger partial charge in [0.25, 0.3) is 5.91 Å². The van der Waals surface area contributed by atoms with Gasteiger partial charge in [-0.15, -0.1) is 11.3 Å². The molecule has 0 aliphatic heterocycles. The Hall–Kier alpha value is -2.83. The van der Waals surface area contributed by atoms with E-state index in [1.54, 1.807) is 50.2 Å². The number of halogens is 1. The van der Waals surface area contributed by atoms with E-state index in [-0.39, 0.29) is 11.9 Å². The number of esters is 1. The third-order valence-electron chi connectivity index (χ3n) is 4.17. The number of rotatable bonds is 6. The summed E-state index contributed by atoms with van der Waals surface area (Å²) in [4.78, 5) is 24.9. The third kappa shape index (κ3) is 5.16. The predicted octanol–water partition coefficient (Wildman–Crippen LogP) is 5.65. The van der Waals surface area contributed by atoms with Crippen LogP contribution >= 0.6 is 22.9 Å². The number of ether oxygens (including phenoxy) is 2. The standard InChI is InChI=1S/C22H20ClNO4S/c1-22(2,28-18-9-7-16(23)8-10-18)21(26)24-17-6-4-5-14(11-17)15-12-19(29-13-15)20(25)27-3/h4-13H,1-3H3,(H,24,26). The molecule has 0 unspecified atom stereocenters. The van der Waals surface area contributed by atoms with Gasteiger partial charge >= 0.3 is 5.97 Å². The first-order valence-electron chi connectivity index (χ1n) is 8.82. The van der Waals surface area contributed by atoms with Crippen LogP contribution in [0.1, 0.15) is 23.5 Å². The Morgan fingerprint density at radius 2 is 1.76 bits per heavy atom. The van der Waals surface area contributed by atoms with E-state index in [1.807, 2.05) is 23.6 Å². The van der Waals surface area contributed by atoms with Crippen molar-refractivity contribution in [1.29, 1.82) is 0 Å². The molecular weight excluding hydrogens is 410 g/mol. The molecular formula is C22H20ClNO4S. The molecule has 1 amide bonds. The topological polar surface area (TPSA) is 64.6 Å². The zero-order valence-electron chi connectivity index (χ0n) is 16.2. The highest BCUT2D eigenvalue weighted by Crippen LogP contribution is 2.29. The number of thiophene rings is 1. The molecule has 5 nitrogen and oxygen atoms in total. The first kappa shape index (κ1) is 20.9. The Labute approximate surface area is 178 Å². The second-order valence-electron chi connectivity index (χ2n) is 6.79. The van der Waals surface area contributed by atoms with Crippen LogP contribution in [0.25, 0.3) is 11.1 Å². The lowest BCUT2D eigenvalue weighted by atomic mass is 10.1. The van der Waals surface area contributed by atoms with Crippen LogP contribution in [0, 0.1) is 0 Å². The van der Waals surface area contributed by atoms with Crippen molar-refractivity contribution in [3.05, 3.63) is 69.9 Å². The molecule has 1 N–H and O–H groups in total. The number of carbonyl (C=O) groups is 2. The normalized spacial score (nSPS) is 11.0. The van der Waals surface area contributed by atoms with E-state index in [9.17, 15) is 9.59 Å². The minimum atomic E-state index is -1.09. The van der Waals surface area contributed by atoms with Gasteiger partial charge in [0.05, 0.1) is 7.11 Å². The molecule has 3 rings (SSSR count). The van der Waals surface area contributed by atoms with Gasteiger partial charge in [-0.3, -0.25) is 4.79 Å². The number of hydrogen-bond acceptors (Lipinski definition) is 5. The maximum absolute atomic E-state index is 12.8. The van der Waals surface area contributed by atoms with Crippen LogP contribution in [0.4, 0.5) is 5.69 Å². The first-order chi connectivity index (χ1) is 13.8. The van der Waals surface area contributed by atoms with Crippen molar-refractivity contribution >= 4 is 40.5 Å². The second-order valence-corrected chi connectivity index (χ2v) is 8.14. The average molecular weight is 430 g/mol. The number of carbonyl (C=O) groups excluding carboxylic acids is 2. The Kier molecular flexibility index (Phi) is 6.25. The van der Waals surface area contributed by atoms with Gasteiger partial charge in [-0.2, -0.15) is 0 Å². The highest BCUT2D eigenvalue weighted by Gasteiger charge is 2.30. The molecule has 0 saturated carbocycles.